The van der Waals surface area contributed by atoms with Crippen LogP contribution in [0.4, 0.5) is 5.69 Å². The zero-order chi connectivity index (χ0) is 13.8. The van der Waals surface area contributed by atoms with Crippen molar-refractivity contribution in [3.8, 4) is 0 Å². The molecule has 0 aliphatic carbocycles. The average molecular weight is 279 g/mol. The van der Waals surface area contributed by atoms with Crippen molar-refractivity contribution < 1.29 is 0 Å². The van der Waals surface area contributed by atoms with Crippen molar-refractivity contribution in [2.24, 2.45) is 0 Å². The summed E-state index contributed by atoms with van der Waals surface area (Å²) in [5.41, 5.74) is 2.44. The van der Waals surface area contributed by atoms with Gasteiger partial charge in [-0.1, -0.05) is 27.7 Å². The molecule has 1 aliphatic rings. The van der Waals surface area contributed by atoms with Crippen LogP contribution in [0.1, 0.15) is 33.4 Å². The van der Waals surface area contributed by atoms with Crippen LogP contribution in [0.2, 0.25) is 0 Å². The van der Waals surface area contributed by atoms with E-state index in [2.05, 4.69) is 66.8 Å². The number of hydrogen-bond donors (Lipinski definition) is 1. The summed E-state index contributed by atoms with van der Waals surface area (Å²) in [4.78, 5) is 6.94. The number of anilines is 1. The second kappa shape index (κ2) is 6.62. The monoisotopic (exact) mass is 279 g/mol. The standard InChI is InChI=1S/C15H25N3S/c1-11(2)17-8-14-7-15(5-6-16-14)18-9-12(3)19-13(4)10-18/h5-7,11-13,17H,8-10H2,1-4H3. The predicted octanol–water partition coefficient (Wildman–Crippen LogP) is 2.91. The van der Waals surface area contributed by atoms with E-state index in [0.717, 1.165) is 25.3 Å². The minimum Gasteiger partial charge on any atom is -0.369 e. The van der Waals surface area contributed by atoms with E-state index >= 15 is 0 Å². The highest BCUT2D eigenvalue weighted by molar-refractivity contribution is 8.00. The summed E-state index contributed by atoms with van der Waals surface area (Å²) in [6.07, 6.45) is 1.93. The lowest BCUT2D eigenvalue weighted by molar-refractivity contribution is 0.581. The Balaban J connectivity index is 2.05. The summed E-state index contributed by atoms with van der Waals surface area (Å²) < 4.78 is 0. The molecule has 1 saturated heterocycles. The van der Waals surface area contributed by atoms with E-state index in [1.54, 1.807) is 0 Å². The maximum Gasteiger partial charge on any atom is 0.0562 e. The summed E-state index contributed by atoms with van der Waals surface area (Å²) in [6.45, 7) is 12.1. The van der Waals surface area contributed by atoms with Crippen LogP contribution in [-0.4, -0.2) is 34.6 Å². The maximum atomic E-state index is 4.45. The van der Waals surface area contributed by atoms with E-state index in [1.807, 2.05) is 6.20 Å². The molecular weight excluding hydrogens is 254 g/mol. The number of aromatic nitrogens is 1. The highest BCUT2D eigenvalue weighted by Crippen LogP contribution is 2.28. The topological polar surface area (TPSA) is 28.2 Å². The third kappa shape index (κ3) is 4.39. The molecule has 3 nitrogen and oxygen atoms in total. The molecule has 2 unspecified atom stereocenters. The first-order chi connectivity index (χ1) is 9.04. The van der Waals surface area contributed by atoms with Crippen LogP contribution in [0.5, 0.6) is 0 Å². The van der Waals surface area contributed by atoms with Gasteiger partial charge in [-0.2, -0.15) is 11.8 Å². The number of hydrogen-bond acceptors (Lipinski definition) is 4. The summed E-state index contributed by atoms with van der Waals surface area (Å²) in [6, 6.07) is 4.86. The predicted molar refractivity (Wildman–Crippen MR) is 84.9 cm³/mol. The number of rotatable bonds is 4. The molecule has 1 aliphatic heterocycles. The van der Waals surface area contributed by atoms with Crippen molar-refractivity contribution in [1.29, 1.82) is 0 Å². The van der Waals surface area contributed by atoms with Crippen LogP contribution in [0.3, 0.4) is 0 Å². The van der Waals surface area contributed by atoms with Gasteiger partial charge in [0.1, 0.15) is 0 Å². The van der Waals surface area contributed by atoms with Gasteiger partial charge >= 0.3 is 0 Å². The Hall–Kier alpha value is -0.740. The molecule has 106 valence electrons. The Morgan fingerprint density at radius 1 is 1.37 bits per heavy atom. The van der Waals surface area contributed by atoms with Crippen LogP contribution < -0.4 is 10.2 Å². The molecule has 0 aromatic carbocycles. The lowest BCUT2D eigenvalue weighted by atomic mass is 10.2. The molecule has 1 aromatic rings. The van der Waals surface area contributed by atoms with Gasteiger partial charge in [-0.3, -0.25) is 4.98 Å². The SMILES string of the molecule is CC(C)NCc1cc(N2CC(C)SC(C)C2)ccn1. The molecule has 4 heteroatoms. The summed E-state index contributed by atoms with van der Waals surface area (Å²) in [7, 11) is 0. The van der Waals surface area contributed by atoms with Crippen LogP contribution in [0.25, 0.3) is 0 Å². The lowest BCUT2D eigenvalue weighted by Crippen LogP contribution is -2.40. The fourth-order valence-electron chi connectivity index (χ4n) is 2.46. The third-order valence-corrected chi connectivity index (χ3v) is 4.50. The van der Waals surface area contributed by atoms with Crippen molar-refractivity contribution in [2.75, 3.05) is 18.0 Å². The largest absolute Gasteiger partial charge is 0.369 e. The van der Waals surface area contributed by atoms with E-state index in [0.29, 0.717) is 16.5 Å². The van der Waals surface area contributed by atoms with Gasteiger partial charge in [-0.15, -0.1) is 0 Å². The Morgan fingerprint density at radius 3 is 2.68 bits per heavy atom. The molecule has 0 bridgehead atoms. The minimum absolute atomic E-state index is 0.497. The highest BCUT2D eigenvalue weighted by Gasteiger charge is 2.22. The first-order valence-corrected chi connectivity index (χ1v) is 8.07. The van der Waals surface area contributed by atoms with Crippen LogP contribution in [0, 0.1) is 0 Å². The summed E-state index contributed by atoms with van der Waals surface area (Å²) >= 11 is 2.09. The van der Waals surface area contributed by atoms with Crippen LogP contribution in [-0.2, 0) is 6.54 Å². The molecule has 2 rings (SSSR count). The van der Waals surface area contributed by atoms with Crippen LogP contribution in [0.15, 0.2) is 18.3 Å². The second-order valence-corrected chi connectivity index (χ2v) is 7.58. The molecule has 0 radical (unpaired) electrons. The van der Waals surface area contributed by atoms with Gasteiger partial charge in [0.25, 0.3) is 0 Å². The van der Waals surface area contributed by atoms with Crippen molar-refractivity contribution >= 4 is 17.4 Å². The van der Waals surface area contributed by atoms with E-state index < -0.39 is 0 Å². The Kier molecular flexibility index (Phi) is 5.11. The molecular formula is C15H25N3S. The van der Waals surface area contributed by atoms with Crippen molar-refractivity contribution in [1.82, 2.24) is 10.3 Å². The van der Waals surface area contributed by atoms with Crippen molar-refractivity contribution in [3.05, 3.63) is 24.0 Å². The molecule has 2 heterocycles. The van der Waals surface area contributed by atoms with Gasteiger partial charge in [0, 0.05) is 48.1 Å². The lowest BCUT2D eigenvalue weighted by Gasteiger charge is -2.36. The normalized spacial score (nSPS) is 23.9. The number of nitrogens with one attached hydrogen (secondary N) is 1. The minimum atomic E-state index is 0.497. The maximum absolute atomic E-state index is 4.45. The zero-order valence-corrected chi connectivity index (χ0v) is 13.2. The number of nitrogens with zero attached hydrogens (tertiary/aromatic N) is 2. The van der Waals surface area contributed by atoms with Crippen molar-refractivity contribution in [2.45, 2.75) is 50.8 Å². The summed E-state index contributed by atoms with van der Waals surface area (Å²) in [5, 5.41) is 4.83. The molecule has 1 N–H and O–H groups in total. The van der Waals surface area contributed by atoms with E-state index in [-0.39, 0.29) is 0 Å². The van der Waals surface area contributed by atoms with Crippen molar-refractivity contribution in [3.63, 3.8) is 0 Å². The van der Waals surface area contributed by atoms with Gasteiger partial charge in [0.15, 0.2) is 0 Å². The molecule has 1 aromatic heterocycles. The third-order valence-electron chi connectivity index (χ3n) is 3.28. The van der Waals surface area contributed by atoms with Gasteiger partial charge in [0.2, 0.25) is 0 Å². The van der Waals surface area contributed by atoms with Gasteiger partial charge in [0.05, 0.1) is 5.69 Å². The van der Waals surface area contributed by atoms with Crippen LogP contribution >= 0.6 is 11.8 Å². The number of pyridine rings is 1. The molecule has 1 fully saturated rings. The number of thioether (sulfide) groups is 1. The first kappa shape index (κ1) is 14.7. The Labute approximate surface area is 121 Å². The van der Waals surface area contributed by atoms with E-state index in [4.69, 9.17) is 0 Å². The fraction of sp³-hybridized carbons (Fsp3) is 0.667. The molecule has 19 heavy (non-hydrogen) atoms. The quantitative estimate of drug-likeness (QED) is 0.917. The smallest absolute Gasteiger partial charge is 0.0562 e. The fourth-order valence-corrected chi connectivity index (χ4v) is 3.78. The zero-order valence-electron chi connectivity index (χ0n) is 12.4. The highest BCUT2D eigenvalue weighted by atomic mass is 32.2. The molecule has 0 saturated carbocycles. The van der Waals surface area contributed by atoms with Gasteiger partial charge in [-0.05, 0) is 12.1 Å². The molecule has 0 spiro atoms. The second-order valence-electron chi connectivity index (χ2n) is 5.70. The summed E-state index contributed by atoms with van der Waals surface area (Å²) in [5.74, 6) is 0. The van der Waals surface area contributed by atoms with E-state index in [9.17, 15) is 0 Å². The Bertz CT molecular complexity index is 398. The van der Waals surface area contributed by atoms with Gasteiger partial charge < -0.3 is 10.2 Å². The van der Waals surface area contributed by atoms with Gasteiger partial charge in [-0.25, -0.2) is 0 Å². The first-order valence-electron chi connectivity index (χ1n) is 7.13. The molecule has 0 amide bonds. The average Bonchev–Trinajstić information content (AvgIpc) is 2.35. The molecule has 2 atom stereocenters. The Morgan fingerprint density at radius 2 is 2.05 bits per heavy atom. The van der Waals surface area contributed by atoms with E-state index in [1.165, 1.54) is 5.69 Å².